The third-order valence-corrected chi connectivity index (χ3v) is 3.58. The summed E-state index contributed by atoms with van der Waals surface area (Å²) in [6.45, 7) is 1.47. The number of hydrogen-bond acceptors (Lipinski definition) is 4. The molecule has 7 heteroatoms. The molecule has 0 radical (unpaired) electrons. The zero-order valence-corrected chi connectivity index (χ0v) is 13.5. The molecule has 6 nitrogen and oxygen atoms in total. The second kappa shape index (κ2) is 6.62. The summed E-state index contributed by atoms with van der Waals surface area (Å²) in [5.74, 6) is -0.430. The minimum absolute atomic E-state index is 0.0533. The van der Waals surface area contributed by atoms with Gasteiger partial charge in [0.25, 0.3) is 5.91 Å². The van der Waals surface area contributed by atoms with Crippen molar-refractivity contribution in [1.82, 2.24) is 0 Å². The van der Waals surface area contributed by atoms with Crippen LogP contribution in [0.15, 0.2) is 48.5 Å². The van der Waals surface area contributed by atoms with E-state index in [0.717, 1.165) is 6.26 Å². The fourth-order valence-corrected chi connectivity index (χ4v) is 2.48. The molecule has 2 rings (SSSR count). The third kappa shape index (κ3) is 4.93. The van der Waals surface area contributed by atoms with Gasteiger partial charge in [-0.15, -0.1) is 0 Å². The normalized spacial score (nSPS) is 10.9. The summed E-state index contributed by atoms with van der Waals surface area (Å²) in [6, 6.07) is 12.7. The van der Waals surface area contributed by atoms with Gasteiger partial charge in [-0.1, -0.05) is 6.07 Å². The van der Waals surface area contributed by atoms with Crippen molar-refractivity contribution < 1.29 is 18.0 Å². The number of carbonyl (C=O) groups is 2. The quantitative estimate of drug-likeness (QED) is 0.823. The summed E-state index contributed by atoms with van der Waals surface area (Å²) in [5.41, 5.74) is 1.73. The van der Waals surface area contributed by atoms with Crippen molar-refractivity contribution in [3.63, 3.8) is 0 Å². The Labute approximate surface area is 134 Å². The predicted molar refractivity (Wildman–Crippen MR) is 89.3 cm³/mol. The molecule has 0 spiro atoms. The lowest BCUT2D eigenvalue weighted by Crippen LogP contribution is -2.14. The van der Waals surface area contributed by atoms with Gasteiger partial charge in [-0.3, -0.25) is 14.3 Å². The largest absolute Gasteiger partial charge is 0.322 e. The SMILES string of the molecule is CC(=O)c1ccc(NC(=O)c2cccc(NS(C)(=O)=O)c2)cc1. The summed E-state index contributed by atoms with van der Waals surface area (Å²) in [4.78, 5) is 23.4. The summed E-state index contributed by atoms with van der Waals surface area (Å²) >= 11 is 0. The van der Waals surface area contributed by atoms with Crippen LogP contribution >= 0.6 is 0 Å². The van der Waals surface area contributed by atoms with Crippen LogP contribution < -0.4 is 10.0 Å². The van der Waals surface area contributed by atoms with E-state index in [9.17, 15) is 18.0 Å². The molecule has 1 amide bonds. The molecular weight excluding hydrogens is 316 g/mol. The minimum Gasteiger partial charge on any atom is -0.322 e. The third-order valence-electron chi connectivity index (χ3n) is 2.98. The average molecular weight is 332 g/mol. The van der Waals surface area contributed by atoms with E-state index < -0.39 is 10.0 Å². The number of sulfonamides is 1. The van der Waals surface area contributed by atoms with Crippen molar-refractivity contribution in [1.29, 1.82) is 0 Å². The maximum Gasteiger partial charge on any atom is 0.255 e. The maximum absolute atomic E-state index is 12.2. The summed E-state index contributed by atoms with van der Waals surface area (Å²) in [6.07, 6.45) is 1.04. The van der Waals surface area contributed by atoms with Crippen LogP contribution in [0.3, 0.4) is 0 Å². The molecule has 2 aromatic rings. The van der Waals surface area contributed by atoms with Gasteiger partial charge in [0.05, 0.1) is 6.26 Å². The number of carbonyl (C=O) groups excluding carboxylic acids is 2. The first-order chi connectivity index (χ1) is 10.7. The van der Waals surface area contributed by atoms with Gasteiger partial charge in [-0.25, -0.2) is 8.42 Å². The predicted octanol–water partition coefficient (Wildman–Crippen LogP) is 2.51. The van der Waals surface area contributed by atoms with Gasteiger partial charge in [-0.05, 0) is 49.4 Å². The number of anilines is 2. The van der Waals surface area contributed by atoms with Crippen molar-refractivity contribution >= 4 is 33.1 Å². The van der Waals surface area contributed by atoms with Crippen LogP contribution in [0.5, 0.6) is 0 Å². The maximum atomic E-state index is 12.2. The van der Waals surface area contributed by atoms with Gasteiger partial charge in [0, 0.05) is 22.5 Å². The van der Waals surface area contributed by atoms with Crippen molar-refractivity contribution in [3.05, 3.63) is 59.7 Å². The highest BCUT2D eigenvalue weighted by Crippen LogP contribution is 2.15. The number of benzene rings is 2. The second-order valence-corrected chi connectivity index (χ2v) is 6.79. The fraction of sp³-hybridized carbons (Fsp3) is 0.125. The molecule has 0 bridgehead atoms. The Hall–Kier alpha value is -2.67. The van der Waals surface area contributed by atoms with Crippen molar-refractivity contribution in [2.24, 2.45) is 0 Å². The van der Waals surface area contributed by atoms with Gasteiger partial charge in [0.2, 0.25) is 10.0 Å². The lowest BCUT2D eigenvalue weighted by Gasteiger charge is -2.08. The Balaban J connectivity index is 2.14. The van der Waals surface area contributed by atoms with Gasteiger partial charge < -0.3 is 5.32 Å². The van der Waals surface area contributed by atoms with E-state index in [1.807, 2.05) is 0 Å². The smallest absolute Gasteiger partial charge is 0.255 e. The molecule has 0 atom stereocenters. The molecule has 0 unspecified atom stereocenters. The molecule has 2 N–H and O–H groups in total. The first-order valence-corrected chi connectivity index (χ1v) is 8.64. The molecule has 0 heterocycles. The van der Waals surface area contributed by atoms with Crippen LogP contribution in [-0.4, -0.2) is 26.4 Å². The second-order valence-electron chi connectivity index (χ2n) is 5.04. The van der Waals surface area contributed by atoms with Gasteiger partial charge in [0.15, 0.2) is 5.78 Å². The molecule has 0 saturated carbocycles. The van der Waals surface area contributed by atoms with Crippen LogP contribution in [0.2, 0.25) is 0 Å². The van der Waals surface area contributed by atoms with E-state index in [1.165, 1.54) is 13.0 Å². The zero-order valence-electron chi connectivity index (χ0n) is 12.7. The minimum atomic E-state index is -3.41. The lowest BCUT2D eigenvalue weighted by molar-refractivity contribution is 0.101. The molecule has 120 valence electrons. The molecule has 0 fully saturated rings. The number of amides is 1. The molecule has 0 aliphatic rings. The van der Waals surface area contributed by atoms with E-state index in [0.29, 0.717) is 22.5 Å². The van der Waals surface area contributed by atoms with Crippen molar-refractivity contribution in [2.45, 2.75) is 6.92 Å². The summed E-state index contributed by atoms with van der Waals surface area (Å²) in [7, 11) is -3.41. The van der Waals surface area contributed by atoms with Gasteiger partial charge >= 0.3 is 0 Å². The summed E-state index contributed by atoms with van der Waals surface area (Å²) < 4.78 is 24.8. The highest BCUT2D eigenvalue weighted by molar-refractivity contribution is 7.92. The Morgan fingerprint density at radius 1 is 0.913 bits per heavy atom. The van der Waals surface area contributed by atoms with E-state index >= 15 is 0 Å². The van der Waals surface area contributed by atoms with Crippen LogP contribution in [0, 0.1) is 0 Å². The van der Waals surface area contributed by atoms with Crippen LogP contribution in [0.4, 0.5) is 11.4 Å². The Kier molecular flexibility index (Phi) is 4.80. The summed E-state index contributed by atoms with van der Waals surface area (Å²) in [5, 5.41) is 2.69. The Bertz CT molecular complexity index is 843. The van der Waals surface area contributed by atoms with E-state index in [2.05, 4.69) is 10.0 Å². The number of hydrogen-bond donors (Lipinski definition) is 2. The monoisotopic (exact) mass is 332 g/mol. The first-order valence-electron chi connectivity index (χ1n) is 6.75. The number of rotatable bonds is 5. The van der Waals surface area contributed by atoms with Crippen LogP contribution in [0.1, 0.15) is 27.6 Å². The van der Waals surface area contributed by atoms with E-state index in [4.69, 9.17) is 0 Å². The van der Waals surface area contributed by atoms with Gasteiger partial charge in [0.1, 0.15) is 0 Å². The highest BCUT2D eigenvalue weighted by atomic mass is 32.2. The van der Waals surface area contributed by atoms with Gasteiger partial charge in [-0.2, -0.15) is 0 Å². The van der Waals surface area contributed by atoms with E-state index in [-0.39, 0.29) is 11.7 Å². The number of nitrogens with one attached hydrogen (secondary N) is 2. The molecule has 0 aliphatic carbocycles. The first kappa shape index (κ1) is 16.7. The highest BCUT2D eigenvalue weighted by Gasteiger charge is 2.09. The molecule has 23 heavy (non-hydrogen) atoms. The number of ketones is 1. The zero-order chi connectivity index (χ0) is 17.0. The van der Waals surface area contributed by atoms with Crippen molar-refractivity contribution in [3.8, 4) is 0 Å². The standard InChI is InChI=1S/C16H16N2O4S/c1-11(19)12-6-8-14(9-7-12)17-16(20)13-4-3-5-15(10-13)18-23(2,21)22/h3-10,18H,1-2H3,(H,17,20). The van der Waals surface area contributed by atoms with E-state index in [1.54, 1.807) is 42.5 Å². The molecule has 0 aliphatic heterocycles. The topological polar surface area (TPSA) is 92.3 Å². The molecule has 2 aromatic carbocycles. The molecule has 0 saturated heterocycles. The Morgan fingerprint density at radius 2 is 1.57 bits per heavy atom. The Morgan fingerprint density at radius 3 is 2.13 bits per heavy atom. The fourth-order valence-electron chi connectivity index (χ4n) is 1.93. The lowest BCUT2D eigenvalue weighted by atomic mass is 10.1. The molecule has 0 aromatic heterocycles. The number of Topliss-reactive ketones (excluding diaryl/α,β-unsaturated/α-hetero) is 1. The van der Waals surface area contributed by atoms with Crippen LogP contribution in [-0.2, 0) is 10.0 Å². The van der Waals surface area contributed by atoms with Crippen molar-refractivity contribution in [2.75, 3.05) is 16.3 Å². The molecular formula is C16H16N2O4S. The average Bonchev–Trinajstić information content (AvgIpc) is 2.46. The van der Waals surface area contributed by atoms with Crippen LogP contribution in [0.25, 0.3) is 0 Å².